The van der Waals surface area contributed by atoms with Crippen LogP contribution in [-0.2, 0) is 21.4 Å². The molecule has 1 aromatic heterocycles. The number of aryl methyl sites for hydroxylation is 1. The Morgan fingerprint density at radius 2 is 1.96 bits per heavy atom. The van der Waals surface area contributed by atoms with Crippen molar-refractivity contribution in [1.29, 1.82) is 0 Å². The minimum absolute atomic E-state index is 0.0856. The lowest BCUT2D eigenvalue weighted by atomic mass is 9.84. The average molecular weight is 364 g/mol. The molecule has 0 saturated heterocycles. The Hall–Kier alpha value is -2.14. The van der Waals surface area contributed by atoms with E-state index in [2.05, 4.69) is 4.98 Å². The molecule has 0 bridgehead atoms. The van der Waals surface area contributed by atoms with Gasteiger partial charge in [-0.25, -0.2) is 4.79 Å². The van der Waals surface area contributed by atoms with Gasteiger partial charge in [0.25, 0.3) is 0 Å². The number of aliphatic carboxylic acids is 1. The molecule has 0 saturated carbocycles. The molecule has 2 rings (SSSR count). The SMILES string of the molecule is CCOC(=O)c1c(C(C)(C)C)nc2cc(Cl)ccc2c1CCC(=O)O. The molecule has 134 valence electrons. The van der Waals surface area contributed by atoms with Crippen LogP contribution < -0.4 is 0 Å². The number of benzene rings is 1. The lowest BCUT2D eigenvalue weighted by Crippen LogP contribution is -2.23. The first-order valence-corrected chi connectivity index (χ1v) is 8.54. The fourth-order valence-corrected chi connectivity index (χ4v) is 2.93. The third kappa shape index (κ3) is 4.28. The van der Waals surface area contributed by atoms with Crippen LogP contribution in [0.1, 0.15) is 55.7 Å². The highest BCUT2D eigenvalue weighted by molar-refractivity contribution is 6.31. The highest BCUT2D eigenvalue weighted by Crippen LogP contribution is 2.33. The van der Waals surface area contributed by atoms with Gasteiger partial charge in [0.2, 0.25) is 0 Å². The number of pyridine rings is 1. The summed E-state index contributed by atoms with van der Waals surface area (Å²) in [6, 6.07) is 5.21. The molecular formula is C19H22ClNO4. The quantitative estimate of drug-likeness (QED) is 0.798. The smallest absolute Gasteiger partial charge is 0.340 e. The Labute approximate surface area is 152 Å². The Bertz CT molecular complexity index is 824. The molecule has 0 aliphatic heterocycles. The van der Waals surface area contributed by atoms with Gasteiger partial charge in [-0.15, -0.1) is 0 Å². The van der Waals surface area contributed by atoms with E-state index in [1.54, 1.807) is 25.1 Å². The maximum atomic E-state index is 12.7. The number of rotatable bonds is 5. The molecule has 0 amide bonds. The van der Waals surface area contributed by atoms with E-state index in [4.69, 9.17) is 21.4 Å². The van der Waals surface area contributed by atoms with E-state index in [1.807, 2.05) is 20.8 Å². The number of fused-ring (bicyclic) bond motifs is 1. The van der Waals surface area contributed by atoms with Gasteiger partial charge in [-0.3, -0.25) is 9.78 Å². The fraction of sp³-hybridized carbons (Fsp3) is 0.421. The number of carbonyl (C=O) groups excluding carboxylic acids is 1. The van der Waals surface area contributed by atoms with Crippen molar-refractivity contribution in [1.82, 2.24) is 4.98 Å². The van der Waals surface area contributed by atoms with Crippen molar-refractivity contribution in [2.45, 2.75) is 46.0 Å². The molecule has 6 heteroatoms. The second kappa shape index (κ2) is 7.40. The number of nitrogens with zero attached hydrogens (tertiary/aromatic N) is 1. The summed E-state index contributed by atoms with van der Waals surface area (Å²) in [5.41, 5.74) is 1.82. The van der Waals surface area contributed by atoms with Gasteiger partial charge in [0.05, 0.1) is 23.4 Å². The molecule has 1 heterocycles. The van der Waals surface area contributed by atoms with Crippen LogP contribution in [0.5, 0.6) is 0 Å². The first-order valence-electron chi connectivity index (χ1n) is 8.16. The monoisotopic (exact) mass is 363 g/mol. The van der Waals surface area contributed by atoms with Crippen molar-refractivity contribution in [3.8, 4) is 0 Å². The van der Waals surface area contributed by atoms with Crippen molar-refractivity contribution in [2.75, 3.05) is 6.61 Å². The maximum Gasteiger partial charge on any atom is 0.340 e. The number of ether oxygens (including phenoxy) is 1. The van der Waals surface area contributed by atoms with E-state index < -0.39 is 17.4 Å². The van der Waals surface area contributed by atoms with E-state index in [1.165, 1.54) is 0 Å². The van der Waals surface area contributed by atoms with Gasteiger partial charge in [-0.05, 0) is 31.0 Å². The maximum absolute atomic E-state index is 12.7. The van der Waals surface area contributed by atoms with Gasteiger partial charge in [0.1, 0.15) is 0 Å². The van der Waals surface area contributed by atoms with Gasteiger partial charge in [0.15, 0.2) is 0 Å². The molecule has 0 spiro atoms. The number of carboxylic acids is 1. The highest BCUT2D eigenvalue weighted by atomic mass is 35.5. The number of carboxylic acid groups (broad SMARTS) is 1. The molecule has 0 aliphatic rings. The van der Waals surface area contributed by atoms with Crippen LogP contribution in [0.15, 0.2) is 18.2 Å². The zero-order valence-corrected chi connectivity index (χ0v) is 15.6. The topological polar surface area (TPSA) is 76.5 Å². The molecule has 0 unspecified atom stereocenters. The minimum Gasteiger partial charge on any atom is -0.481 e. The van der Waals surface area contributed by atoms with Crippen LogP contribution in [0, 0.1) is 0 Å². The van der Waals surface area contributed by atoms with Crippen molar-refractivity contribution >= 4 is 34.4 Å². The van der Waals surface area contributed by atoms with Crippen LogP contribution in [0.3, 0.4) is 0 Å². The van der Waals surface area contributed by atoms with Crippen molar-refractivity contribution < 1.29 is 19.4 Å². The summed E-state index contributed by atoms with van der Waals surface area (Å²) in [5, 5.41) is 10.4. The van der Waals surface area contributed by atoms with Crippen LogP contribution in [0.25, 0.3) is 10.9 Å². The molecular weight excluding hydrogens is 342 g/mol. The summed E-state index contributed by atoms with van der Waals surface area (Å²) in [6.07, 6.45) is 0.130. The van der Waals surface area contributed by atoms with Crippen LogP contribution in [-0.4, -0.2) is 28.6 Å². The van der Waals surface area contributed by atoms with Crippen molar-refractivity contribution in [3.05, 3.63) is 40.0 Å². The predicted molar refractivity (Wildman–Crippen MR) is 97.4 cm³/mol. The van der Waals surface area contributed by atoms with Crippen LogP contribution in [0.2, 0.25) is 5.02 Å². The molecule has 25 heavy (non-hydrogen) atoms. The van der Waals surface area contributed by atoms with Crippen molar-refractivity contribution in [3.63, 3.8) is 0 Å². The van der Waals surface area contributed by atoms with Gasteiger partial charge < -0.3 is 9.84 Å². The summed E-state index contributed by atoms with van der Waals surface area (Å²) in [4.78, 5) is 28.4. The van der Waals surface area contributed by atoms with Gasteiger partial charge in [-0.2, -0.15) is 0 Å². The molecule has 0 atom stereocenters. The van der Waals surface area contributed by atoms with E-state index in [0.717, 1.165) is 5.39 Å². The Morgan fingerprint density at radius 1 is 1.28 bits per heavy atom. The standard InChI is InChI=1S/C19H22ClNO4/c1-5-25-18(24)16-13(8-9-15(22)23)12-7-6-11(20)10-14(12)21-17(16)19(2,3)4/h6-7,10H,5,8-9H2,1-4H3,(H,22,23). The predicted octanol–water partition coefficient (Wildman–Crippen LogP) is 4.38. The third-order valence-corrected chi connectivity index (χ3v) is 4.07. The Kier molecular flexibility index (Phi) is 5.68. The molecule has 0 radical (unpaired) electrons. The summed E-state index contributed by atoms with van der Waals surface area (Å²) in [5.74, 6) is -1.40. The molecule has 0 aliphatic carbocycles. The minimum atomic E-state index is -0.925. The van der Waals surface area contributed by atoms with E-state index in [-0.39, 0.29) is 19.4 Å². The third-order valence-electron chi connectivity index (χ3n) is 3.83. The molecule has 1 aromatic carbocycles. The second-order valence-electron chi connectivity index (χ2n) is 6.84. The first-order chi connectivity index (χ1) is 11.6. The average Bonchev–Trinajstić information content (AvgIpc) is 2.50. The van der Waals surface area contributed by atoms with E-state index in [0.29, 0.717) is 27.4 Å². The van der Waals surface area contributed by atoms with Gasteiger partial charge in [0, 0.05) is 22.2 Å². The number of hydrogen-bond acceptors (Lipinski definition) is 4. The van der Waals surface area contributed by atoms with Crippen LogP contribution >= 0.6 is 11.6 Å². The fourth-order valence-electron chi connectivity index (χ4n) is 2.76. The van der Waals surface area contributed by atoms with Crippen LogP contribution in [0.4, 0.5) is 0 Å². The summed E-state index contributed by atoms with van der Waals surface area (Å²) >= 11 is 6.09. The molecule has 1 N–H and O–H groups in total. The van der Waals surface area contributed by atoms with E-state index in [9.17, 15) is 9.59 Å². The van der Waals surface area contributed by atoms with Crippen molar-refractivity contribution in [2.24, 2.45) is 0 Å². The summed E-state index contributed by atoms with van der Waals surface area (Å²) in [7, 11) is 0. The largest absolute Gasteiger partial charge is 0.481 e. The van der Waals surface area contributed by atoms with Gasteiger partial charge >= 0.3 is 11.9 Å². The highest BCUT2D eigenvalue weighted by Gasteiger charge is 2.29. The second-order valence-corrected chi connectivity index (χ2v) is 7.28. The van der Waals surface area contributed by atoms with E-state index >= 15 is 0 Å². The number of aromatic nitrogens is 1. The Balaban J connectivity index is 2.84. The van der Waals surface area contributed by atoms with Gasteiger partial charge in [-0.1, -0.05) is 38.4 Å². The summed E-state index contributed by atoms with van der Waals surface area (Å²) < 4.78 is 5.23. The number of carbonyl (C=O) groups is 2. The molecule has 0 fully saturated rings. The zero-order chi connectivity index (χ0) is 18.8. The first kappa shape index (κ1) is 19.2. The lowest BCUT2D eigenvalue weighted by molar-refractivity contribution is -0.136. The lowest BCUT2D eigenvalue weighted by Gasteiger charge is -2.24. The number of halogens is 1. The summed E-state index contributed by atoms with van der Waals surface area (Å²) in [6.45, 7) is 7.83. The number of esters is 1. The zero-order valence-electron chi connectivity index (χ0n) is 14.9. The Morgan fingerprint density at radius 3 is 2.52 bits per heavy atom. The molecule has 2 aromatic rings. The molecule has 5 nitrogen and oxygen atoms in total. The normalized spacial score (nSPS) is 11.6. The number of hydrogen-bond donors (Lipinski definition) is 1.